The molecule has 0 spiro atoms. The van der Waals surface area contributed by atoms with Gasteiger partial charge < -0.3 is 9.67 Å². The van der Waals surface area contributed by atoms with E-state index in [2.05, 4.69) is 37.2 Å². The second-order valence-corrected chi connectivity index (χ2v) is 7.29. The molecule has 2 rings (SSSR count). The summed E-state index contributed by atoms with van der Waals surface area (Å²) < 4.78 is 2.09. The Balaban J connectivity index is 2.16. The van der Waals surface area contributed by atoms with Crippen LogP contribution >= 0.6 is 11.6 Å². The standard InChI is InChI=1S/C21H31ClN2O/c1-5-16(3)24(17(4)6-2)15-21(25)20-12-9-13-23(20)14-18-10-7-8-11-19(18)22/h7-13,16-17,21,25H,5-6,14-15H2,1-4H3/t16-,17-,21+/m0/s1. The molecule has 0 unspecified atom stereocenters. The first-order chi connectivity index (χ1) is 12.0. The van der Waals surface area contributed by atoms with Crippen LogP contribution in [0.25, 0.3) is 0 Å². The van der Waals surface area contributed by atoms with Crippen molar-refractivity contribution in [2.24, 2.45) is 0 Å². The van der Waals surface area contributed by atoms with E-state index < -0.39 is 6.10 Å². The molecule has 3 atom stereocenters. The molecule has 0 fully saturated rings. The molecule has 3 nitrogen and oxygen atoms in total. The maximum atomic E-state index is 10.9. The van der Waals surface area contributed by atoms with E-state index in [0.717, 1.165) is 29.1 Å². The van der Waals surface area contributed by atoms with E-state index in [4.69, 9.17) is 11.6 Å². The number of halogens is 1. The fourth-order valence-corrected chi connectivity index (χ4v) is 3.44. The molecule has 1 aromatic heterocycles. The number of nitrogens with zero attached hydrogens (tertiary/aromatic N) is 2. The van der Waals surface area contributed by atoms with Crippen molar-refractivity contribution in [3.05, 3.63) is 58.9 Å². The molecule has 1 N–H and O–H groups in total. The zero-order valence-electron chi connectivity index (χ0n) is 15.8. The van der Waals surface area contributed by atoms with Crippen LogP contribution in [0, 0.1) is 0 Å². The van der Waals surface area contributed by atoms with E-state index >= 15 is 0 Å². The van der Waals surface area contributed by atoms with Crippen molar-refractivity contribution < 1.29 is 5.11 Å². The van der Waals surface area contributed by atoms with Crippen molar-refractivity contribution in [1.82, 2.24) is 9.47 Å². The van der Waals surface area contributed by atoms with Gasteiger partial charge in [-0.15, -0.1) is 0 Å². The minimum Gasteiger partial charge on any atom is -0.386 e. The lowest BCUT2D eigenvalue weighted by atomic mass is 10.1. The second kappa shape index (κ2) is 9.42. The third kappa shape index (κ3) is 5.10. The zero-order valence-corrected chi connectivity index (χ0v) is 16.6. The first-order valence-corrected chi connectivity index (χ1v) is 9.67. The first kappa shape index (κ1) is 20.0. The van der Waals surface area contributed by atoms with Crippen molar-refractivity contribution in [2.45, 2.75) is 65.3 Å². The predicted molar refractivity (Wildman–Crippen MR) is 106 cm³/mol. The van der Waals surface area contributed by atoms with E-state index in [1.54, 1.807) is 0 Å². The topological polar surface area (TPSA) is 28.4 Å². The molecule has 0 saturated carbocycles. The summed E-state index contributed by atoms with van der Waals surface area (Å²) in [6.07, 6.45) is 3.66. The normalized spacial score (nSPS) is 15.3. The summed E-state index contributed by atoms with van der Waals surface area (Å²) in [6.45, 7) is 10.2. The van der Waals surface area contributed by atoms with E-state index in [1.807, 2.05) is 42.6 Å². The summed E-state index contributed by atoms with van der Waals surface area (Å²) in [5.41, 5.74) is 2.01. The summed E-state index contributed by atoms with van der Waals surface area (Å²) in [4.78, 5) is 2.41. The lowest BCUT2D eigenvalue weighted by Gasteiger charge is -2.35. The molecule has 0 radical (unpaired) electrons. The summed E-state index contributed by atoms with van der Waals surface area (Å²) >= 11 is 6.29. The molecule has 0 aliphatic rings. The Bertz CT molecular complexity index is 645. The van der Waals surface area contributed by atoms with Gasteiger partial charge in [0.1, 0.15) is 6.10 Å². The molecule has 0 bridgehead atoms. The maximum absolute atomic E-state index is 10.9. The van der Waals surface area contributed by atoms with Gasteiger partial charge in [0.15, 0.2) is 0 Å². The van der Waals surface area contributed by atoms with E-state index in [0.29, 0.717) is 25.2 Å². The van der Waals surface area contributed by atoms with Gasteiger partial charge in [-0.25, -0.2) is 0 Å². The summed E-state index contributed by atoms with van der Waals surface area (Å²) in [5, 5.41) is 11.7. The van der Waals surface area contributed by atoms with Gasteiger partial charge >= 0.3 is 0 Å². The quantitative estimate of drug-likeness (QED) is 0.670. The van der Waals surface area contributed by atoms with Crippen LogP contribution in [-0.2, 0) is 6.54 Å². The summed E-state index contributed by atoms with van der Waals surface area (Å²) in [7, 11) is 0. The third-order valence-electron chi connectivity index (χ3n) is 5.20. The van der Waals surface area contributed by atoms with Crippen LogP contribution in [0.2, 0.25) is 5.02 Å². The van der Waals surface area contributed by atoms with E-state index in [1.165, 1.54) is 0 Å². The molecule has 25 heavy (non-hydrogen) atoms. The largest absolute Gasteiger partial charge is 0.386 e. The first-order valence-electron chi connectivity index (χ1n) is 9.30. The molecule has 1 aromatic carbocycles. The van der Waals surface area contributed by atoms with Gasteiger partial charge in [0.2, 0.25) is 0 Å². The molecular weight excluding hydrogens is 332 g/mol. The molecule has 138 valence electrons. The van der Waals surface area contributed by atoms with E-state index in [9.17, 15) is 5.11 Å². The maximum Gasteiger partial charge on any atom is 0.107 e. The molecule has 0 aliphatic heterocycles. The summed E-state index contributed by atoms with van der Waals surface area (Å²) in [5.74, 6) is 0. The molecule has 0 saturated heterocycles. The highest BCUT2D eigenvalue weighted by molar-refractivity contribution is 6.31. The number of benzene rings is 1. The number of hydrogen-bond acceptors (Lipinski definition) is 2. The fraction of sp³-hybridized carbons (Fsp3) is 0.524. The Morgan fingerprint density at radius 1 is 1.04 bits per heavy atom. The van der Waals surface area contributed by atoms with Crippen LogP contribution in [-0.4, -0.2) is 33.2 Å². The third-order valence-corrected chi connectivity index (χ3v) is 5.57. The molecular formula is C21H31ClN2O. The SMILES string of the molecule is CC[C@H](C)N(C[C@@H](O)c1cccn1Cc1ccccc1Cl)[C@@H](C)CC. The number of rotatable bonds is 9. The Hall–Kier alpha value is -1.29. The minimum absolute atomic E-state index is 0.455. The summed E-state index contributed by atoms with van der Waals surface area (Å²) in [6, 6.07) is 12.8. The molecule has 0 amide bonds. The lowest BCUT2D eigenvalue weighted by Crippen LogP contribution is -2.42. The van der Waals surface area contributed by atoms with Crippen LogP contribution < -0.4 is 0 Å². The van der Waals surface area contributed by atoms with Crippen molar-refractivity contribution >= 4 is 11.6 Å². The highest BCUT2D eigenvalue weighted by Gasteiger charge is 2.23. The van der Waals surface area contributed by atoms with E-state index in [-0.39, 0.29) is 0 Å². The van der Waals surface area contributed by atoms with Crippen molar-refractivity contribution in [2.75, 3.05) is 6.54 Å². The van der Waals surface area contributed by atoms with Crippen LogP contribution in [0.5, 0.6) is 0 Å². The van der Waals surface area contributed by atoms with Crippen molar-refractivity contribution in [3.63, 3.8) is 0 Å². The van der Waals surface area contributed by atoms with Crippen LogP contribution in [0.3, 0.4) is 0 Å². The number of aliphatic hydroxyl groups is 1. The Morgan fingerprint density at radius 2 is 1.68 bits per heavy atom. The van der Waals surface area contributed by atoms with Gasteiger partial charge in [-0.05, 0) is 50.5 Å². The monoisotopic (exact) mass is 362 g/mol. The highest BCUT2D eigenvalue weighted by Crippen LogP contribution is 2.23. The number of aliphatic hydroxyl groups excluding tert-OH is 1. The molecule has 2 aromatic rings. The van der Waals surface area contributed by atoms with Crippen LogP contribution in [0.15, 0.2) is 42.6 Å². The minimum atomic E-state index is -0.513. The zero-order chi connectivity index (χ0) is 18.4. The highest BCUT2D eigenvalue weighted by atomic mass is 35.5. The van der Waals surface area contributed by atoms with Crippen molar-refractivity contribution in [1.29, 1.82) is 0 Å². The van der Waals surface area contributed by atoms with Gasteiger partial charge in [0, 0.05) is 42.1 Å². The second-order valence-electron chi connectivity index (χ2n) is 6.88. The Kier molecular flexibility index (Phi) is 7.55. The molecule has 1 heterocycles. The number of aromatic nitrogens is 1. The predicted octanol–water partition coefficient (Wildman–Crippen LogP) is 5.12. The van der Waals surface area contributed by atoms with Gasteiger partial charge in [0.05, 0.1) is 0 Å². The smallest absolute Gasteiger partial charge is 0.107 e. The Morgan fingerprint density at radius 3 is 2.28 bits per heavy atom. The van der Waals surface area contributed by atoms with Gasteiger partial charge in [-0.2, -0.15) is 0 Å². The lowest BCUT2D eigenvalue weighted by molar-refractivity contribution is 0.0590. The average Bonchev–Trinajstić information content (AvgIpc) is 3.08. The van der Waals surface area contributed by atoms with Crippen molar-refractivity contribution in [3.8, 4) is 0 Å². The van der Waals surface area contributed by atoms with Gasteiger partial charge in [-0.3, -0.25) is 4.90 Å². The van der Waals surface area contributed by atoms with Gasteiger partial charge in [-0.1, -0.05) is 43.6 Å². The van der Waals surface area contributed by atoms with Crippen LogP contribution in [0.1, 0.15) is 57.9 Å². The molecule has 0 aliphatic carbocycles. The average molecular weight is 363 g/mol. The Labute approximate surface area is 157 Å². The van der Waals surface area contributed by atoms with Gasteiger partial charge in [0.25, 0.3) is 0 Å². The number of hydrogen-bond donors (Lipinski definition) is 1. The molecule has 4 heteroatoms. The fourth-order valence-electron chi connectivity index (χ4n) is 3.24. The van der Waals surface area contributed by atoms with Crippen LogP contribution in [0.4, 0.5) is 0 Å².